The minimum absolute atomic E-state index is 0.100. The van der Waals surface area contributed by atoms with Crippen molar-refractivity contribution in [1.29, 1.82) is 0 Å². The summed E-state index contributed by atoms with van der Waals surface area (Å²) in [6.07, 6.45) is 3.80. The second kappa shape index (κ2) is 7.89. The molecule has 4 rings (SSSR count). The first-order valence-corrected chi connectivity index (χ1v) is 10.4. The number of benzene rings is 1. The lowest BCUT2D eigenvalue weighted by Crippen LogP contribution is -2.45. The number of carbonyl (C=O) groups excluding carboxylic acids is 1. The van der Waals surface area contributed by atoms with E-state index >= 15 is 0 Å². The second-order valence-electron chi connectivity index (χ2n) is 7.87. The first-order valence-electron chi connectivity index (χ1n) is 10.4. The number of rotatable bonds is 6. The molecule has 0 radical (unpaired) electrons. The van der Waals surface area contributed by atoms with Crippen molar-refractivity contribution in [3.05, 3.63) is 23.8 Å². The number of carbonyl (C=O) groups is 1. The van der Waals surface area contributed by atoms with Crippen LogP contribution in [0.15, 0.2) is 23.2 Å². The summed E-state index contributed by atoms with van der Waals surface area (Å²) in [6.45, 7) is 7.43. The number of ether oxygens (including phenoxy) is 2. The first kappa shape index (κ1) is 18.9. The van der Waals surface area contributed by atoms with Crippen LogP contribution >= 0.6 is 0 Å². The Morgan fingerprint density at radius 2 is 2.11 bits per heavy atom. The van der Waals surface area contributed by atoms with Gasteiger partial charge in [-0.1, -0.05) is 13.0 Å². The highest BCUT2D eigenvalue weighted by Crippen LogP contribution is 2.50. The van der Waals surface area contributed by atoms with Crippen LogP contribution in [0.1, 0.15) is 45.1 Å². The molecule has 1 saturated heterocycles. The molecule has 28 heavy (non-hydrogen) atoms. The topological polar surface area (TPSA) is 75.2 Å². The zero-order valence-electron chi connectivity index (χ0n) is 16.8. The van der Waals surface area contributed by atoms with E-state index in [-0.39, 0.29) is 17.4 Å². The zero-order valence-corrected chi connectivity index (χ0v) is 16.8. The third kappa shape index (κ3) is 3.88. The molecule has 3 aliphatic rings. The van der Waals surface area contributed by atoms with Crippen LogP contribution in [0.25, 0.3) is 0 Å². The molecule has 7 nitrogen and oxygen atoms in total. The Labute approximate surface area is 166 Å². The van der Waals surface area contributed by atoms with Crippen molar-refractivity contribution < 1.29 is 14.3 Å². The van der Waals surface area contributed by atoms with Gasteiger partial charge in [0.1, 0.15) is 0 Å². The van der Waals surface area contributed by atoms with Crippen LogP contribution < -0.4 is 20.1 Å². The normalized spacial score (nSPS) is 22.3. The maximum Gasteiger partial charge on any atom is 0.231 e. The van der Waals surface area contributed by atoms with E-state index in [4.69, 9.17) is 14.5 Å². The van der Waals surface area contributed by atoms with Gasteiger partial charge in [0, 0.05) is 37.5 Å². The molecule has 1 aliphatic carbocycles. The molecular formula is C21H30N4O3. The van der Waals surface area contributed by atoms with Crippen molar-refractivity contribution in [3.63, 3.8) is 0 Å². The van der Waals surface area contributed by atoms with Crippen LogP contribution in [0.4, 0.5) is 0 Å². The SMILES string of the molecule is CCNC(=NCC1(c2ccc3c(c2)OCO3)CC1)NC1CCN(C(=O)CC)C1. The molecule has 1 saturated carbocycles. The van der Waals surface area contributed by atoms with E-state index in [0.717, 1.165) is 62.9 Å². The molecule has 1 aromatic carbocycles. The highest BCUT2D eigenvalue weighted by atomic mass is 16.7. The molecular weight excluding hydrogens is 356 g/mol. The highest BCUT2D eigenvalue weighted by Gasteiger charge is 2.45. The lowest BCUT2D eigenvalue weighted by atomic mass is 9.96. The number of hydrogen-bond acceptors (Lipinski definition) is 4. The average molecular weight is 386 g/mol. The van der Waals surface area contributed by atoms with Crippen molar-refractivity contribution in [3.8, 4) is 11.5 Å². The predicted octanol–water partition coefficient (Wildman–Crippen LogP) is 2.01. The van der Waals surface area contributed by atoms with Gasteiger partial charge >= 0.3 is 0 Å². The third-order valence-corrected chi connectivity index (χ3v) is 5.91. The van der Waals surface area contributed by atoms with Gasteiger partial charge in [-0.3, -0.25) is 9.79 Å². The van der Waals surface area contributed by atoms with Crippen LogP contribution in [-0.2, 0) is 10.2 Å². The van der Waals surface area contributed by atoms with Gasteiger partial charge in [-0.25, -0.2) is 0 Å². The average Bonchev–Trinajstić information content (AvgIpc) is 3.13. The molecule has 2 N–H and O–H groups in total. The number of amides is 1. The molecule has 0 bridgehead atoms. The van der Waals surface area contributed by atoms with Gasteiger partial charge in [-0.15, -0.1) is 0 Å². The molecule has 7 heteroatoms. The Kier molecular flexibility index (Phi) is 5.33. The van der Waals surface area contributed by atoms with Crippen LogP contribution in [0.5, 0.6) is 11.5 Å². The summed E-state index contributed by atoms with van der Waals surface area (Å²) in [5, 5.41) is 6.87. The third-order valence-electron chi connectivity index (χ3n) is 5.91. The molecule has 0 spiro atoms. The van der Waals surface area contributed by atoms with Crippen LogP contribution in [0, 0.1) is 0 Å². The van der Waals surface area contributed by atoms with Gasteiger partial charge < -0.3 is 25.0 Å². The van der Waals surface area contributed by atoms with Gasteiger partial charge in [-0.05, 0) is 43.9 Å². The summed E-state index contributed by atoms with van der Waals surface area (Å²) in [5.74, 6) is 2.73. The number of hydrogen-bond donors (Lipinski definition) is 2. The van der Waals surface area contributed by atoms with E-state index in [1.54, 1.807) is 0 Å². The summed E-state index contributed by atoms with van der Waals surface area (Å²) in [4.78, 5) is 18.7. The number of aliphatic imine (C=N–C) groups is 1. The molecule has 2 fully saturated rings. The predicted molar refractivity (Wildman–Crippen MR) is 108 cm³/mol. The fourth-order valence-corrected chi connectivity index (χ4v) is 3.99. The molecule has 2 aliphatic heterocycles. The lowest BCUT2D eigenvalue weighted by molar-refractivity contribution is -0.129. The molecule has 2 heterocycles. The highest BCUT2D eigenvalue weighted by molar-refractivity contribution is 5.81. The van der Waals surface area contributed by atoms with E-state index in [1.807, 2.05) is 17.9 Å². The van der Waals surface area contributed by atoms with E-state index < -0.39 is 0 Å². The Morgan fingerprint density at radius 3 is 2.86 bits per heavy atom. The Balaban J connectivity index is 1.40. The van der Waals surface area contributed by atoms with Crippen molar-refractivity contribution in [1.82, 2.24) is 15.5 Å². The van der Waals surface area contributed by atoms with Crippen LogP contribution in [-0.4, -0.2) is 55.8 Å². The lowest BCUT2D eigenvalue weighted by Gasteiger charge is -2.20. The summed E-state index contributed by atoms with van der Waals surface area (Å²) >= 11 is 0. The number of nitrogens with zero attached hydrogens (tertiary/aromatic N) is 2. The van der Waals surface area contributed by atoms with E-state index in [9.17, 15) is 4.79 Å². The summed E-state index contributed by atoms with van der Waals surface area (Å²) in [5.41, 5.74) is 1.38. The molecule has 152 valence electrons. The van der Waals surface area contributed by atoms with Crippen LogP contribution in [0.2, 0.25) is 0 Å². The summed E-state index contributed by atoms with van der Waals surface area (Å²) < 4.78 is 11.0. The maximum atomic E-state index is 11.9. The van der Waals surface area contributed by atoms with Gasteiger partial charge in [0.25, 0.3) is 0 Å². The molecule has 1 unspecified atom stereocenters. The van der Waals surface area contributed by atoms with Crippen LogP contribution in [0.3, 0.4) is 0 Å². The van der Waals surface area contributed by atoms with Gasteiger partial charge in [0.15, 0.2) is 17.5 Å². The molecule has 1 atom stereocenters. The van der Waals surface area contributed by atoms with E-state index in [2.05, 4.69) is 29.7 Å². The Bertz CT molecular complexity index is 760. The fraction of sp³-hybridized carbons (Fsp3) is 0.619. The Hall–Kier alpha value is -2.44. The number of guanidine groups is 1. The van der Waals surface area contributed by atoms with Crippen molar-refractivity contribution in [2.75, 3.05) is 33.0 Å². The zero-order chi connectivity index (χ0) is 19.6. The minimum atomic E-state index is 0.100. The quantitative estimate of drug-likeness (QED) is 0.578. The summed E-state index contributed by atoms with van der Waals surface area (Å²) in [7, 11) is 0. The maximum absolute atomic E-state index is 11.9. The minimum Gasteiger partial charge on any atom is -0.454 e. The first-order chi connectivity index (χ1) is 13.6. The number of fused-ring (bicyclic) bond motifs is 1. The van der Waals surface area contributed by atoms with Crippen molar-refractivity contribution in [2.24, 2.45) is 4.99 Å². The molecule has 1 amide bonds. The number of likely N-dealkylation sites (tertiary alicyclic amines) is 1. The fourth-order valence-electron chi connectivity index (χ4n) is 3.99. The molecule has 1 aromatic rings. The standard InChI is InChI=1S/C21H30N4O3/c1-3-19(26)25-10-7-16(12-25)24-20(22-4-2)23-13-21(8-9-21)15-5-6-17-18(11-15)28-14-27-17/h5-6,11,16H,3-4,7-10,12-14H2,1-2H3,(H2,22,23,24). The van der Waals surface area contributed by atoms with E-state index in [0.29, 0.717) is 13.2 Å². The monoisotopic (exact) mass is 386 g/mol. The molecule has 0 aromatic heterocycles. The van der Waals surface area contributed by atoms with Gasteiger partial charge in [0.05, 0.1) is 6.54 Å². The van der Waals surface area contributed by atoms with Crippen molar-refractivity contribution >= 4 is 11.9 Å². The van der Waals surface area contributed by atoms with Crippen molar-refractivity contribution in [2.45, 2.75) is 51.0 Å². The second-order valence-corrected chi connectivity index (χ2v) is 7.87. The largest absolute Gasteiger partial charge is 0.454 e. The van der Waals surface area contributed by atoms with Gasteiger partial charge in [-0.2, -0.15) is 0 Å². The Morgan fingerprint density at radius 1 is 1.29 bits per heavy atom. The number of nitrogens with one attached hydrogen (secondary N) is 2. The summed E-state index contributed by atoms with van der Waals surface area (Å²) in [6, 6.07) is 6.51. The van der Waals surface area contributed by atoms with E-state index in [1.165, 1.54) is 5.56 Å². The smallest absolute Gasteiger partial charge is 0.231 e. The van der Waals surface area contributed by atoms with Gasteiger partial charge in [0.2, 0.25) is 12.7 Å².